The number of aliphatic imine (C=N–C) groups is 1. The van der Waals surface area contributed by atoms with Crippen LogP contribution in [0.1, 0.15) is 25.7 Å². The predicted octanol–water partition coefficient (Wildman–Crippen LogP) is -0.930. The highest BCUT2D eigenvalue weighted by Crippen LogP contribution is 2.15. The summed E-state index contributed by atoms with van der Waals surface area (Å²) in [5, 5.41) is 18.2. The predicted molar refractivity (Wildman–Crippen MR) is 63.8 cm³/mol. The third-order valence-corrected chi connectivity index (χ3v) is 2.72. The third-order valence-electron chi connectivity index (χ3n) is 2.72. The van der Waals surface area contributed by atoms with E-state index < -0.39 is 18.1 Å². The molecule has 18 heavy (non-hydrogen) atoms. The lowest BCUT2D eigenvalue weighted by Gasteiger charge is -2.15. The van der Waals surface area contributed by atoms with Gasteiger partial charge in [0.2, 0.25) is 0 Å². The second-order valence-corrected chi connectivity index (χ2v) is 4.27. The fourth-order valence-electron chi connectivity index (χ4n) is 1.85. The summed E-state index contributed by atoms with van der Waals surface area (Å²) in [6.45, 7) is 0.261. The van der Waals surface area contributed by atoms with E-state index in [4.69, 9.17) is 16.6 Å². The van der Waals surface area contributed by atoms with Crippen LogP contribution < -0.4 is 11.5 Å². The number of carboxylic acid groups (broad SMARTS) is 1. The number of carbonyl (C=O) groups is 2. The van der Waals surface area contributed by atoms with Crippen LogP contribution in [-0.4, -0.2) is 51.8 Å². The number of rotatable bonds is 6. The van der Waals surface area contributed by atoms with Gasteiger partial charge in [-0.2, -0.15) is 0 Å². The summed E-state index contributed by atoms with van der Waals surface area (Å²) in [7, 11) is 0. The molecule has 0 aromatic rings. The minimum Gasteiger partial charge on any atom is -0.481 e. The van der Waals surface area contributed by atoms with Crippen LogP contribution in [0.2, 0.25) is 0 Å². The van der Waals surface area contributed by atoms with E-state index in [1.54, 1.807) is 0 Å². The number of carbonyl (C=O) groups excluding carboxylic acids is 1. The molecule has 0 saturated heterocycles. The molecule has 102 valence electrons. The Morgan fingerprint density at radius 1 is 1.56 bits per heavy atom. The summed E-state index contributed by atoms with van der Waals surface area (Å²) >= 11 is 0. The number of aliphatic hydroxyl groups is 1. The van der Waals surface area contributed by atoms with Gasteiger partial charge in [0, 0.05) is 6.42 Å². The highest BCUT2D eigenvalue weighted by molar-refractivity contribution is 5.96. The van der Waals surface area contributed by atoms with Crippen molar-refractivity contribution in [3.63, 3.8) is 0 Å². The van der Waals surface area contributed by atoms with Crippen LogP contribution in [0, 0.1) is 0 Å². The number of carboxylic acids is 1. The summed E-state index contributed by atoms with van der Waals surface area (Å²) < 4.78 is 0. The first-order chi connectivity index (χ1) is 8.40. The van der Waals surface area contributed by atoms with Crippen LogP contribution in [0.25, 0.3) is 0 Å². The molecule has 1 rings (SSSR count). The molecule has 1 aliphatic heterocycles. The van der Waals surface area contributed by atoms with Crippen molar-refractivity contribution in [3.05, 3.63) is 0 Å². The standard InChI is InChI=1S/C10H18N4O4/c11-9-13-6(5-14(9)10(12)18)4-7(15)2-1-3-8(16)17/h6-7,15H,1-5H2,(H2,11,13)(H2,12,18)(H,16,17). The van der Waals surface area contributed by atoms with E-state index in [0.29, 0.717) is 19.3 Å². The monoisotopic (exact) mass is 258 g/mol. The summed E-state index contributed by atoms with van der Waals surface area (Å²) in [6, 6.07) is -0.948. The third kappa shape index (κ3) is 4.21. The Kier molecular flexibility index (Phi) is 4.90. The molecule has 0 aliphatic carbocycles. The minimum absolute atomic E-state index is 0.0283. The molecule has 0 aromatic carbocycles. The van der Waals surface area contributed by atoms with Crippen LogP contribution in [0.3, 0.4) is 0 Å². The van der Waals surface area contributed by atoms with E-state index in [0.717, 1.165) is 4.90 Å². The first kappa shape index (κ1) is 14.2. The van der Waals surface area contributed by atoms with E-state index in [2.05, 4.69) is 4.99 Å². The number of amides is 2. The van der Waals surface area contributed by atoms with Gasteiger partial charge in [-0.05, 0) is 19.3 Å². The second kappa shape index (κ2) is 6.20. The number of hydrogen-bond donors (Lipinski definition) is 4. The first-order valence-corrected chi connectivity index (χ1v) is 5.70. The van der Waals surface area contributed by atoms with Crippen LogP contribution >= 0.6 is 0 Å². The Morgan fingerprint density at radius 2 is 2.22 bits per heavy atom. The molecule has 0 spiro atoms. The minimum atomic E-state index is -0.884. The van der Waals surface area contributed by atoms with Crippen LogP contribution in [0.15, 0.2) is 4.99 Å². The van der Waals surface area contributed by atoms with Gasteiger partial charge in [-0.25, -0.2) is 9.79 Å². The lowest BCUT2D eigenvalue weighted by atomic mass is 10.0. The quantitative estimate of drug-likeness (QED) is 0.486. The molecule has 1 aliphatic rings. The highest BCUT2D eigenvalue weighted by Gasteiger charge is 2.28. The summed E-state index contributed by atoms with van der Waals surface area (Å²) in [5.41, 5.74) is 10.6. The molecule has 0 bridgehead atoms. The van der Waals surface area contributed by atoms with E-state index in [-0.39, 0.29) is 25.0 Å². The number of urea groups is 1. The number of aliphatic carboxylic acids is 1. The maximum absolute atomic E-state index is 10.9. The number of nitrogens with two attached hydrogens (primary N) is 2. The number of aliphatic hydroxyl groups excluding tert-OH is 1. The average molecular weight is 258 g/mol. The summed E-state index contributed by atoms with van der Waals surface area (Å²) in [4.78, 5) is 26.4. The molecule has 2 atom stereocenters. The molecule has 2 unspecified atom stereocenters. The van der Waals surface area contributed by atoms with Gasteiger partial charge in [0.25, 0.3) is 0 Å². The largest absolute Gasteiger partial charge is 0.481 e. The molecule has 8 nitrogen and oxygen atoms in total. The van der Waals surface area contributed by atoms with E-state index >= 15 is 0 Å². The van der Waals surface area contributed by atoms with Crippen molar-refractivity contribution in [1.29, 1.82) is 0 Å². The molecule has 8 heteroatoms. The molecular weight excluding hydrogens is 240 g/mol. The van der Waals surface area contributed by atoms with Gasteiger partial charge in [-0.1, -0.05) is 0 Å². The number of guanidine groups is 1. The first-order valence-electron chi connectivity index (χ1n) is 5.70. The summed E-state index contributed by atoms with van der Waals surface area (Å²) in [5.74, 6) is -0.824. The van der Waals surface area contributed by atoms with Crippen molar-refractivity contribution in [3.8, 4) is 0 Å². The van der Waals surface area contributed by atoms with Gasteiger partial charge >= 0.3 is 12.0 Å². The maximum atomic E-state index is 10.9. The van der Waals surface area contributed by atoms with Crippen molar-refractivity contribution in [2.75, 3.05) is 6.54 Å². The fourth-order valence-corrected chi connectivity index (χ4v) is 1.85. The molecule has 1 heterocycles. The van der Waals surface area contributed by atoms with Gasteiger partial charge < -0.3 is 21.7 Å². The lowest BCUT2D eigenvalue weighted by molar-refractivity contribution is -0.137. The van der Waals surface area contributed by atoms with E-state index in [1.807, 2.05) is 0 Å². The van der Waals surface area contributed by atoms with E-state index in [9.17, 15) is 14.7 Å². The van der Waals surface area contributed by atoms with Crippen LogP contribution in [0.5, 0.6) is 0 Å². The van der Waals surface area contributed by atoms with Gasteiger partial charge in [0.15, 0.2) is 5.96 Å². The Labute approximate surface area is 104 Å². The molecule has 2 amide bonds. The molecular formula is C10H18N4O4. The van der Waals surface area contributed by atoms with Crippen LogP contribution in [-0.2, 0) is 4.79 Å². The number of nitrogens with zero attached hydrogens (tertiary/aromatic N) is 2. The SMILES string of the molecule is NC(=O)N1CC(CC(O)CCCC(=O)O)N=C1N. The zero-order valence-electron chi connectivity index (χ0n) is 9.95. The van der Waals surface area contributed by atoms with Crippen molar-refractivity contribution >= 4 is 18.0 Å². The van der Waals surface area contributed by atoms with Gasteiger partial charge in [-0.3, -0.25) is 9.69 Å². The Morgan fingerprint density at radius 3 is 2.72 bits per heavy atom. The second-order valence-electron chi connectivity index (χ2n) is 4.27. The van der Waals surface area contributed by atoms with Gasteiger partial charge in [0.05, 0.1) is 18.7 Å². The van der Waals surface area contributed by atoms with Gasteiger partial charge in [-0.15, -0.1) is 0 Å². The topological polar surface area (TPSA) is 142 Å². The Bertz CT molecular complexity index is 358. The maximum Gasteiger partial charge on any atom is 0.321 e. The smallest absolute Gasteiger partial charge is 0.321 e. The molecule has 0 fully saturated rings. The van der Waals surface area contributed by atoms with Crippen molar-refractivity contribution in [2.45, 2.75) is 37.8 Å². The molecule has 0 aromatic heterocycles. The zero-order chi connectivity index (χ0) is 13.7. The number of primary amides is 1. The Hall–Kier alpha value is -1.83. The van der Waals surface area contributed by atoms with Crippen molar-refractivity contribution in [2.24, 2.45) is 16.5 Å². The van der Waals surface area contributed by atoms with E-state index in [1.165, 1.54) is 0 Å². The molecule has 6 N–H and O–H groups in total. The normalized spacial score (nSPS) is 20.6. The average Bonchev–Trinajstić information content (AvgIpc) is 2.58. The van der Waals surface area contributed by atoms with Crippen LogP contribution in [0.4, 0.5) is 4.79 Å². The van der Waals surface area contributed by atoms with Crippen molar-refractivity contribution < 1.29 is 19.8 Å². The molecule has 0 radical (unpaired) electrons. The summed E-state index contributed by atoms with van der Waals surface area (Å²) in [6.07, 6.45) is 0.500. The van der Waals surface area contributed by atoms with Crippen molar-refractivity contribution in [1.82, 2.24) is 4.90 Å². The number of hydrogen-bond acceptors (Lipinski definition) is 5. The Balaban J connectivity index is 2.32. The highest BCUT2D eigenvalue weighted by atomic mass is 16.4. The fraction of sp³-hybridized carbons (Fsp3) is 0.700. The van der Waals surface area contributed by atoms with Gasteiger partial charge in [0.1, 0.15) is 0 Å². The molecule has 0 saturated carbocycles. The lowest BCUT2D eigenvalue weighted by Crippen LogP contribution is -2.43. The zero-order valence-corrected chi connectivity index (χ0v) is 9.95.